The van der Waals surface area contributed by atoms with Crippen molar-refractivity contribution in [3.05, 3.63) is 38.2 Å². The van der Waals surface area contributed by atoms with Gasteiger partial charge in [0.05, 0.1) is 11.4 Å². The number of hydrogen-bond acceptors (Lipinski definition) is 4. The van der Waals surface area contributed by atoms with E-state index in [1.807, 2.05) is 18.2 Å². The molecule has 7 heteroatoms. The summed E-state index contributed by atoms with van der Waals surface area (Å²) in [6, 6.07) is 5.76. The number of aromatic nitrogens is 1. The first kappa shape index (κ1) is 15.5. The van der Waals surface area contributed by atoms with Gasteiger partial charge in [0.25, 0.3) is 0 Å². The first-order valence-corrected chi connectivity index (χ1v) is 8.19. The van der Waals surface area contributed by atoms with Gasteiger partial charge in [-0.1, -0.05) is 15.9 Å². The van der Waals surface area contributed by atoms with E-state index < -0.39 is 11.4 Å². The largest absolute Gasteiger partial charge is 0.481 e. The standard InChI is InChI=1S/C13H12Br2N2O2S/c1-13(2,11(18)19)10-6-20-12(17-10)16-9-4-3-7(14)5-8(9)15/h3-6H,1-2H3,(H,16,17)(H,18,19). The Labute approximate surface area is 137 Å². The number of rotatable bonds is 4. The van der Waals surface area contributed by atoms with Gasteiger partial charge in [-0.3, -0.25) is 4.79 Å². The Hall–Kier alpha value is -0.920. The minimum atomic E-state index is -0.993. The molecule has 0 radical (unpaired) electrons. The molecule has 0 aliphatic carbocycles. The number of carbonyl (C=O) groups is 1. The Morgan fingerprint density at radius 1 is 1.40 bits per heavy atom. The van der Waals surface area contributed by atoms with Gasteiger partial charge in [0, 0.05) is 14.3 Å². The van der Waals surface area contributed by atoms with Crippen molar-refractivity contribution in [2.75, 3.05) is 5.32 Å². The van der Waals surface area contributed by atoms with Crippen molar-refractivity contribution in [2.24, 2.45) is 0 Å². The normalized spacial score (nSPS) is 11.4. The summed E-state index contributed by atoms with van der Waals surface area (Å²) in [6.45, 7) is 3.29. The Morgan fingerprint density at radius 3 is 2.70 bits per heavy atom. The Bertz CT molecular complexity index is 656. The second kappa shape index (κ2) is 5.83. The maximum Gasteiger partial charge on any atom is 0.315 e. The van der Waals surface area contributed by atoms with E-state index in [-0.39, 0.29) is 0 Å². The van der Waals surface area contributed by atoms with Crippen molar-refractivity contribution in [3.8, 4) is 0 Å². The van der Waals surface area contributed by atoms with E-state index in [1.54, 1.807) is 19.2 Å². The number of halogens is 2. The highest BCUT2D eigenvalue weighted by atomic mass is 79.9. The molecule has 0 aliphatic heterocycles. The smallest absolute Gasteiger partial charge is 0.315 e. The monoisotopic (exact) mass is 418 g/mol. The van der Waals surface area contributed by atoms with Crippen LogP contribution >= 0.6 is 43.2 Å². The molecule has 4 nitrogen and oxygen atoms in total. The van der Waals surface area contributed by atoms with Gasteiger partial charge in [-0.15, -0.1) is 11.3 Å². The molecule has 0 amide bonds. The lowest BCUT2D eigenvalue weighted by atomic mass is 9.90. The molecular formula is C13H12Br2N2O2S. The SMILES string of the molecule is CC(C)(C(=O)O)c1csc(Nc2ccc(Br)cc2Br)n1. The molecule has 2 N–H and O–H groups in total. The Balaban J connectivity index is 2.24. The molecule has 0 unspecified atom stereocenters. The van der Waals surface area contributed by atoms with Crippen LogP contribution in [-0.4, -0.2) is 16.1 Å². The number of nitrogens with zero attached hydrogens (tertiary/aromatic N) is 1. The van der Waals surface area contributed by atoms with Gasteiger partial charge in [0.15, 0.2) is 5.13 Å². The molecule has 20 heavy (non-hydrogen) atoms. The van der Waals surface area contributed by atoms with Gasteiger partial charge < -0.3 is 10.4 Å². The van der Waals surface area contributed by atoms with Gasteiger partial charge in [0.1, 0.15) is 5.41 Å². The molecule has 0 atom stereocenters. The van der Waals surface area contributed by atoms with Crippen LogP contribution in [0.1, 0.15) is 19.5 Å². The summed E-state index contributed by atoms with van der Waals surface area (Å²) in [4.78, 5) is 15.6. The van der Waals surface area contributed by atoms with Gasteiger partial charge in [0.2, 0.25) is 0 Å². The lowest BCUT2D eigenvalue weighted by Crippen LogP contribution is -2.28. The number of carboxylic acids is 1. The van der Waals surface area contributed by atoms with Gasteiger partial charge in [-0.05, 0) is 48.0 Å². The van der Waals surface area contributed by atoms with Gasteiger partial charge in [-0.2, -0.15) is 0 Å². The molecular weight excluding hydrogens is 408 g/mol. The summed E-state index contributed by atoms with van der Waals surface area (Å²) in [7, 11) is 0. The third-order valence-electron chi connectivity index (χ3n) is 2.85. The number of anilines is 2. The molecule has 1 heterocycles. The van der Waals surface area contributed by atoms with E-state index in [4.69, 9.17) is 0 Å². The third-order valence-corrected chi connectivity index (χ3v) is 4.76. The Kier molecular flexibility index (Phi) is 4.51. The highest BCUT2D eigenvalue weighted by molar-refractivity contribution is 9.11. The van der Waals surface area contributed by atoms with Crippen LogP contribution in [0.5, 0.6) is 0 Å². The lowest BCUT2D eigenvalue weighted by molar-refractivity contribution is -0.142. The van der Waals surface area contributed by atoms with Gasteiger partial charge >= 0.3 is 5.97 Å². The second-order valence-electron chi connectivity index (χ2n) is 4.72. The molecule has 0 aliphatic rings. The van der Waals surface area contributed by atoms with E-state index in [9.17, 15) is 9.90 Å². The molecule has 1 aromatic carbocycles. The summed E-state index contributed by atoms with van der Waals surface area (Å²) in [6.07, 6.45) is 0. The number of hydrogen-bond donors (Lipinski definition) is 2. The third kappa shape index (κ3) is 3.21. The molecule has 2 aromatic rings. The fraction of sp³-hybridized carbons (Fsp3) is 0.231. The van der Waals surface area contributed by atoms with Crippen LogP contribution in [-0.2, 0) is 10.2 Å². The van der Waals surface area contributed by atoms with Crippen LogP contribution in [0.25, 0.3) is 0 Å². The maximum atomic E-state index is 11.2. The summed E-state index contributed by atoms with van der Waals surface area (Å²) in [5.41, 5.74) is 0.431. The van der Waals surface area contributed by atoms with Crippen molar-refractivity contribution in [1.29, 1.82) is 0 Å². The molecule has 106 valence electrons. The van der Waals surface area contributed by atoms with E-state index in [2.05, 4.69) is 42.2 Å². The fourth-order valence-electron chi connectivity index (χ4n) is 1.43. The maximum absolute atomic E-state index is 11.2. The molecule has 0 bridgehead atoms. The van der Waals surface area contributed by atoms with Crippen LogP contribution in [0.4, 0.5) is 10.8 Å². The zero-order valence-corrected chi connectivity index (χ0v) is 14.8. The van der Waals surface area contributed by atoms with E-state index >= 15 is 0 Å². The topological polar surface area (TPSA) is 62.2 Å². The predicted molar refractivity (Wildman–Crippen MR) is 87.9 cm³/mol. The van der Waals surface area contributed by atoms with Gasteiger partial charge in [-0.25, -0.2) is 4.98 Å². The molecule has 0 fully saturated rings. The Morgan fingerprint density at radius 2 is 2.10 bits per heavy atom. The zero-order valence-electron chi connectivity index (χ0n) is 10.8. The average Bonchev–Trinajstić information content (AvgIpc) is 2.81. The van der Waals surface area contributed by atoms with Crippen LogP contribution in [0.3, 0.4) is 0 Å². The second-order valence-corrected chi connectivity index (χ2v) is 7.35. The highest BCUT2D eigenvalue weighted by Crippen LogP contribution is 2.32. The molecule has 0 saturated heterocycles. The minimum Gasteiger partial charge on any atom is -0.481 e. The first-order chi connectivity index (χ1) is 9.30. The molecule has 0 spiro atoms. The molecule has 2 rings (SSSR count). The molecule has 0 saturated carbocycles. The number of aliphatic carboxylic acids is 1. The van der Waals surface area contributed by atoms with Crippen LogP contribution in [0.15, 0.2) is 32.5 Å². The average molecular weight is 420 g/mol. The summed E-state index contributed by atoms with van der Waals surface area (Å²) in [5.74, 6) is -0.890. The van der Waals surface area contributed by atoms with Crippen LogP contribution in [0.2, 0.25) is 0 Å². The quantitative estimate of drug-likeness (QED) is 0.748. The number of carboxylic acid groups (broad SMARTS) is 1. The summed E-state index contributed by atoms with van der Waals surface area (Å²) < 4.78 is 1.88. The van der Waals surface area contributed by atoms with Crippen LogP contribution in [0, 0.1) is 0 Å². The minimum absolute atomic E-state index is 0.547. The van der Waals surface area contributed by atoms with E-state index in [1.165, 1.54) is 11.3 Å². The zero-order chi connectivity index (χ0) is 14.9. The summed E-state index contributed by atoms with van der Waals surface area (Å²) in [5, 5.41) is 14.8. The lowest BCUT2D eigenvalue weighted by Gasteiger charge is -2.15. The van der Waals surface area contributed by atoms with E-state index in [0.29, 0.717) is 10.8 Å². The van der Waals surface area contributed by atoms with Crippen LogP contribution < -0.4 is 5.32 Å². The molecule has 1 aromatic heterocycles. The number of benzene rings is 1. The first-order valence-electron chi connectivity index (χ1n) is 5.72. The summed E-state index contributed by atoms with van der Waals surface area (Å²) >= 11 is 8.24. The van der Waals surface area contributed by atoms with Crippen molar-refractivity contribution < 1.29 is 9.90 Å². The predicted octanol–water partition coefficient (Wildman–Crippen LogP) is 4.77. The van der Waals surface area contributed by atoms with Crippen molar-refractivity contribution in [3.63, 3.8) is 0 Å². The number of thiazole rings is 1. The number of nitrogens with one attached hydrogen (secondary N) is 1. The van der Waals surface area contributed by atoms with Crippen molar-refractivity contribution in [2.45, 2.75) is 19.3 Å². The van der Waals surface area contributed by atoms with E-state index in [0.717, 1.165) is 14.6 Å². The highest BCUT2D eigenvalue weighted by Gasteiger charge is 2.32. The van der Waals surface area contributed by atoms with Crippen molar-refractivity contribution in [1.82, 2.24) is 4.98 Å². The fourth-order valence-corrected chi connectivity index (χ4v) is 3.47. The van der Waals surface area contributed by atoms with Crippen molar-refractivity contribution >= 4 is 60.0 Å².